The molecule has 2 rings (SSSR count). The summed E-state index contributed by atoms with van der Waals surface area (Å²) in [4.78, 5) is 0. The highest BCUT2D eigenvalue weighted by molar-refractivity contribution is 4.85. The molecule has 0 aliphatic rings. The number of pyridine rings is 2. The molecule has 0 unspecified atom stereocenters. The van der Waals surface area contributed by atoms with E-state index in [-0.39, 0.29) is 34.0 Å². The van der Waals surface area contributed by atoms with Crippen LogP contribution in [0.5, 0.6) is 0 Å². The van der Waals surface area contributed by atoms with Crippen LogP contribution in [-0.4, -0.2) is 0 Å². The number of allylic oxidation sites excluding steroid dienone is 2. The molecular formula is C14H16Br2N2. The molecule has 0 N–H and O–H groups in total. The summed E-state index contributed by atoms with van der Waals surface area (Å²) in [5, 5.41) is 0. The van der Waals surface area contributed by atoms with Crippen molar-refractivity contribution in [3.8, 4) is 0 Å². The Morgan fingerprint density at radius 1 is 0.556 bits per heavy atom. The molecule has 18 heavy (non-hydrogen) atoms. The van der Waals surface area contributed by atoms with E-state index in [2.05, 4.69) is 46.1 Å². The van der Waals surface area contributed by atoms with Crippen molar-refractivity contribution in [1.29, 1.82) is 0 Å². The monoisotopic (exact) mass is 370 g/mol. The predicted molar refractivity (Wildman–Crippen MR) is 62.4 cm³/mol. The standard InChI is InChI=1S/C14H16N2.2BrH/c1-3-9-15(10-4-1)13-7-8-14-16-11-5-2-6-12-16;;/h1-12H,13-14H2;2*1H/q+2;;/p-2/b8-7+;;. The molecule has 0 radical (unpaired) electrons. The van der Waals surface area contributed by atoms with Crippen molar-refractivity contribution in [2.45, 2.75) is 13.1 Å². The van der Waals surface area contributed by atoms with Crippen LogP contribution in [0.15, 0.2) is 73.3 Å². The highest BCUT2D eigenvalue weighted by Crippen LogP contribution is 1.81. The minimum absolute atomic E-state index is 0. The van der Waals surface area contributed by atoms with E-state index in [0.717, 1.165) is 13.1 Å². The summed E-state index contributed by atoms with van der Waals surface area (Å²) in [6.07, 6.45) is 12.6. The first-order chi connectivity index (χ1) is 7.95. The second-order valence-electron chi connectivity index (χ2n) is 3.62. The van der Waals surface area contributed by atoms with E-state index < -0.39 is 0 Å². The highest BCUT2D eigenvalue weighted by atomic mass is 79.9. The lowest BCUT2D eigenvalue weighted by Gasteiger charge is -1.90. The quantitative estimate of drug-likeness (QED) is 0.378. The Kier molecular flexibility index (Phi) is 9.42. The third-order valence-electron chi connectivity index (χ3n) is 2.35. The average molecular weight is 372 g/mol. The lowest BCUT2D eigenvalue weighted by atomic mass is 10.4. The van der Waals surface area contributed by atoms with Gasteiger partial charge in [0, 0.05) is 24.3 Å². The molecule has 0 amide bonds. The Morgan fingerprint density at radius 2 is 0.889 bits per heavy atom. The molecule has 0 aliphatic carbocycles. The van der Waals surface area contributed by atoms with E-state index in [9.17, 15) is 0 Å². The molecule has 0 spiro atoms. The maximum absolute atomic E-state index is 2.18. The third kappa shape index (κ3) is 6.07. The SMILES string of the molecule is C(=C\C[n+]1ccccc1)/C[n+]1ccccc1.[Br-].[Br-]. The topological polar surface area (TPSA) is 7.76 Å². The van der Waals surface area contributed by atoms with Crippen molar-refractivity contribution in [3.05, 3.63) is 73.3 Å². The number of hydrogen-bond donors (Lipinski definition) is 0. The highest BCUT2D eigenvalue weighted by Gasteiger charge is 1.94. The summed E-state index contributed by atoms with van der Waals surface area (Å²) < 4.78 is 4.29. The Balaban J connectivity index is 0.00000144. The molecule has 0 saturated carbocycles. The van der Waals surface area contributed by atoms with Crippen molar-refractivity contribution >= 4 is 0 Å². The first-order valence-electron chi connectivity index (χ1n) is 5.48. The summed E-state index contributed by atoms with van der Waals surface area (Å²) in [5.41, 5.74) is 0. The van der Waals surface area contributed by atoms with Crippen LogP contribution in [-0.2, 0) is 13.1 Å². The molecule has 96 valence electrons. The fourth-order valence-corrected chi connectivity index (χ4v) is 1.50. The smallest absolute Gasteiger partial charge is 0.169 e. The van der Waals surface area contributed by atoms with Crippen molar-refractivity contribution < 1.29 is 43.1 Å². The van der Waals surface area contributed by atoms with Gasteiger partial charge in [0.2, 0.25) is 0 Å². The summed E-state index contributed by atoms with van der Waals surface area (Å²) in [5.74, 6) is 0. The molecule has 2 aromatic heterocycles. The van der Waals surface area contributed by atoms with E-state index in [1.54, 1.807) is 0 Å². The fourth-order valence-electron chi connectivity index (χ4n) is 1.50. The first-order valence-corrected chi connectivity index (χ1v) is 5.48. The van der Waals surface area contributed by atoms with E-state index >= 15 is 0 Å². The maximum atomic E-state index is 2.18. The van der Waals surface area contributed by atoms with Crippen LogP contribution in [0.25, 0.3) is 0 Å². The summed E-state index contributed by atoms with van der Waals surface area (Å²) in [7, 11) is 0. The Labute approximate surface area is 129 Å². The number of halogens is 2. The van der Waals surface area contributed by atoms with Gasteiger partial charge in [-0.25, -0.2) is 9.13 Å². The lowest BCUT2D eigenvalue weighted by molar-refractivity contribution is -0.691. The Hall–Kier alpha value is -1.000. The van der Waals surface area contributed by atoms with Crippen LogP contribution < -0.4 is 43.1 Å². The number of nitrogens with zero attached hydrogens (tertiary/aromatic N) is 2. The zero-order chi connectivity index (χ0) is 11.1. The van der Waals surface area contributed by atoms with E-state index in [0.29, 0.717) is 0 Å². The van der Waals surface area contributed by atoms with Gasteiger partial charge < -0.3 is 34.0 Å². The van der Waals surface area contributed by atoms with Gasteiger partial charge in [-0.05, 0) is 12.2 Å². The van der Waals surface area contributed by atoms with Gasteiger partial charge in [0.25, 0.3) is 0 Å². The van der Waals surface area contributed by atoms with Crippen LogP contribution in [0.3, 0.4) is 0 Å². The molecule has 0 bridgehead atoms. The molecule has 4 heteroatoms. The third-order valence-corrected chi connectivity index (χ3v) is 2.35. The molecule has 0 fully saturated rings. The van der Waals surface area contributed by atoms with Crippen LogP contribution in [0.4, 0.5) is 0 Å². The Bertz CT molecular complexity index is 400. The number of aromatic nitrogens is 2. The molecule has 0 aromatic carbocycles. The molecular weight excluding hydrogens is 356 g/mol. The van der Waals surface area contributed by atoms with Crippen molar-refractivity contribution in [2.75, 3.05) is 0 Å². The van der Waals surface area contributed by atoms with Gasteiger partial charge in [0.1, 0.15) is 0 Å². The van der Waals surface area contributed by atoms with Gasteiger partial charge in [-0.15, -0.1) is 0 Å². The molecule has 2 heterocycles. The summed E-state index contributed by atoms with van der Waals surface area (Å²) in [6.45, 7) is 1.85. The normalized spacial score (nSPS) is 9.56. The van der Waals surface area contributed by atoms with Crippen LogP contribution in [0.2, 0.25) is 0 Å². The lowest BCUT2D eigenvalue weighted by Crippen LogP contribution is -3.00. The zero-order valence-corrected chi connectivity index (χ0v) is 13.2. The molecule has 0 aliphatic heterocycles. The average Bonchev–Trinajstić information content (AvgIpc) is 2.37. The molecule has 0 atom stereocenters. The van der Waals surface area contributed by atoms with Gasteiger partial charge >= 0.3 is 0 Å². The largest absolute Gasteiger partial charge is 1.00 e. The number of hydrogen-bond acceptors (Lipinski definition) is 0. The van der Waals surface area contributed by atoms with Crippen LogP contribution in [0, 0.1) is 0 Å². The van der Waals surface area contributed by atoms with Gasteiger partial charge in [-0.2, -0.15) is 0 Å². The minimum Gasteiger partial charge on any atom is -1.00 e. The van der Waals surface area contributed by atoms with Crippen LogP contribution in [0.1, 0.15) is 0 Å². The van der Waals surface area contributed by atoms with Gasteiger partial charge in [0.05, 0.1) is 0 Å². The van der Waals surface area contributed by atoms with Gasteiger partial charge in [-0.3, -0.25) is 0 Å². The van der Waals surface area contributed by atoms with E-state index in [1.165, 1.54) is 0 Å². The number of rotatable bonds is 4. The van der Waals surface area contributed by atoms with Crippen LogP contribution >= 0.6 is 0 Å². The maximum Gasteiger partial charge on any atom is 0.169 e. The fraction of sp³-hybridized carbons (Fsp3) is 0.143. The Morgan fingerprint density at radius 3 is 1.22 bits per heavy atom. The molecule has 0 saturated heterocycles. The first kappa shape index (κ1) is 17.0. The zero-order valence-electron chi connectivity index (χ0n) is 9.99. The summed E-state index contributed by atoms with van der Waals surface area (Å²) >= 11 is 0. The minimum atomic E-state index is 0. The van der Waals surface area contributed by atoms with E-state index in [1.807, 2.05) is 36.4 Å². The van der Waals surface area contributed by atoms with Crippen molar-refractivity contribution in [2.24, 2.45) is 0 Å². The van der Waals surface area contributed by atoms with E-state index in [4.69, 9.17) is 0 Å². The molecule has 2 nitrogen and oxygen atoms in total. The second kappa shape index (κ2) is 9.97. The van der Waals surface area contributed by atoms with Gasteiger partial charge in [-0.1, -0.05) is 12.1 Å². The predicted octanol–water partition coefficient (Wildman–Crippen LogP) is -4.47. The molecule has 2 aromatic rings. The van der Waals surface area contributed by atoms with Crippen molar-refractivity contribution in [1.82, 2.24) is 0 Å². The summed E-state index contributed by atoms with van der Waals surface area (Å²) in [6, 6.07) is 12.2. The van der Waals surface area contributed by atoms with Gasteiger partial charge in [0.15, 0.2) is 37.9 Å². The van der Waals surface area contributed by atoms with Crippen molar-refractivity contribution in [3.63, 3.8) is 0 Å². The second-order valence-corrected chi connectivity index (χ2v) is 3.62.